The van der Waals surface area contributed by atoms with Crippen LogP contribution in [-0.4, -0.2) is 47.4 Å². The number of para-hydroxylation sites is 1. The summed E-state index contributed by atoms with van der Waals surface area (Å²) in [6.45, 7) is 7.54. The van der Waals surface area contributed by atoms with Crippen LogP contribution in [0.5, 0.6) is 0 Å². The number of aromatic nitrogens is 1. The van der Waals surface area contributed by atoms with Gasteiger partial charge in [-0.3, -0.25) is 4.90 Å². The molecule has 1 fully saturated rings. The van der Waals surface area contributed by atoms with Crippen molar-refractivity contribution in [1.82, 2.24) is 14.8 Å². The Morgan fingerprint density at radius 2 is 1.77 bits per heavy atom. The van der Waals surface area contributed by atoms with Crippen molar-refractivity contribution in [3.05, 3.63) is 48.0 Å². The minimum atomic E-state index is 0. The van der Waals surface area contributed by atoms with Gasteiger partial charge in [-0.05, 0) is 37.1 Å². The summed E-state index contributed by atoms with van der Waals surface area (Å²) in [5.41, 5.74) is 3.93. The summed E-state index contributed by atoms with van der Waals surface area (Å²) in [5, 5.41) is 15.7. The lowest BCUT2D eigenvalue weighted by Gasteiger charge is -2.35. The van der Waals surface area contributed by atoms with Crippen molar-refractivity contribution in [2.75, 3.05) is 32.8 Å². The van der Waals surface area contributed by atoms with Gasteiger partial charge in [0.1, 0.15) is 0 Å². The Bertz CT molecular complexity index is 870. The van der Waals surface area contributed by atoms with Gasteiger partial charge >= 0.3 is 0 Å². The predicted molar refractivity (Wildman–Crippen MR) is 111 cm³/mol. The number of aliphatic hydroxyl groups is 1. The topological polar surface area (TPSA) is 40.4 Å². The van der Waals surface area contributed by atoms with Crippen molar-refractivity contribution >= 4 is 34.2 Å². The van der Waals surface area contributed by atoms with Gasteiger partial charge in [0.2, 0.25) is 0 Å². The van der Waals surface area contributed by atoms with Crippen molar-refractivity contribution in [2.24, 2.45) is 0 Å². The normalized spacial score (nSPS) is 16.7. The van der Waals surface area contributed by atoms with Gasteiger partial charge in [0.25, 0.3) is 0 Å². The third-order valence-corrected chi connectivity index (χ3v) is 5.49. The molecule has 140 valence electrons. The second kappa shape index (κ2) is 8.40. The number of halogens is 1. The molecule has 2 heterocycles. The van der Waals surface area contributed by atoms with E-state index >= 15 is 0 Å². The third kappa shape index (κ3) is 3.35. The van der Waals surface area contributed by atoms with Crippen LogP contribution >= 0.6 is 12.4 Å². The molecule has 1 aliphatic rings. The van der Waals surface area contributed by atoms with Gasteiger partial charge in [0.05, 0.1) is 0 Å². The number of nitrogens with zero attached hydrogens (tertiary/aromatic N) is 2. The Kier molecular flexibility index (Phi) is 6.20. The molecule has 2 N–H and O–H groups in total. The standard InChI is InChI=1S/C21H27N3O.ClH/c1-2-24-20-6-4-3-5-17(20)18-15-16(7-8-21(18)24)19(9-14-25)23-12-10-22-11-13-23;/h3-8,15,19,22,25H,2,9-14H2,1H3;1H/t19-;/m0./s1. The predicted octanol–water partition coefficient (Wildman–Crippen LogP) is 3.56. The molecule has 0 bridgehead atoms. The van der Waals surface area contributed by atoms with Gasteiger partial charge in [-0.15, -0.1) is 12.4 Å². The molecule has 3 aromatic rings. The Hall–Kier alpha value is -1.59. The van der Waals surface area contributed by atoms with Crippen LogP contribution in [0.15, 0.2) is 42.5 Å². The fourth-order valence-corrected chi connectivity index (χ4v) is 4.30. The Labute approximate surface area is 161 Å². The molecule has 1 aliphatic heterocycles. The van der Waals surface area contributed by atoms with Crippen molar-refractivity contribution in [3.8, 4) is 0 Å². The van der Waals surface area contributed by atoms with Gasteiger partial charge in [0, 0.05) is 67.2 Å². The van der Waals surface area contributed by atoms with Gasteiger partial charge in [-0.25, -0.2) is 0 Å². The number of aliphatic hydroxyl groups excluding tert-OH is 1. The summed E-state index contributed by atoms with van der Waals surface area (Å²) in [5.74, 6) is 0. The monoisotopic (exact) mass is 373 g/mol. The first-order valence-corrected chi connectivity index (χ1v) is 9.40. The molecule has 0 amide bonds. The summed E-state index contributed by atoms with van der Waals surface area (Å²) in [6.07, 6.45) is 0.790. The molecule has 26 heavy (non-hydrogen) atoms. The molecule has 0 radical (unpaired) electrons. The average Bonchev–Trinajstić information content (AvgIpc) is 3.00. The van der Waals surface area contributed by atoms with E-state index in [4.69, 9.17) is 0 Å². The lowest BCUT2D eigenvalue weighted by molar-refractivity contribution is 0.141. The number of nitrogens with one attached hydrogen (secondary N) is 1. The summed E-state index contributed by atoms with van der Waals surface area (Å²) in [7, 11) is 0. The first kappa shape index (κ1) is 19.2. The highest BCUT2D eigenvalue weighted by molar-refractivity contribution is 6.08. The smallest absolute Gasteiger partial charge is 0.0491 e. The molecular formula is C21H28ClN3O. The van der Waals surface area contributed by atoms with Crippen LogP contribution in [0.3, 0.4) is 0 Å². The second-order valence-corrected chi connectivity index (χ2v) is 6.85. The van der Waals surface area contributed by atoms with E-state index in [1.54, 1.807) is 0 Å². The van der Waals surface area contributed by atoms with Crippen molar-refractivity contribution in [2.45, 2.75) is 25.9 Å². The minimum absolute atomic E-state index is 0. The maximum atomic E-state index is 9.61. The Balaban J connectivity index is 0.00000196. The van der Waals surface area contributed by atoms with Gasteiger partial charge in [0.15, 0.2) is 0 Å². The number of hydrogen-bond acceptors (Lipinski definition) is 3. The van der Waals surface area contributed by atoms with E-state index in [0.717, 1.165) is 39.1 Å². The Morgan fingerprint density at radius 3 is 2.50 bits per heavy atom. The molecule has 1 atom stereocenters. The highest BCUT2D eigenvalue weighted by Crippen LogP contribution is 2.33. The van der Waals surface area contributed by atoms with E-state index in [2.05, 4.69) is 64.2 Å². The Morgan fingerprint density at radius 1 is 1.04 bits per heavy atom. The fourth-order valence-electron chi connectivity index (χ4n) is 4.30. The number of fused-ring (bicyclic) bond motifs is 3. The van der Waals surface area contributed by atoms with E-state index < -0.39 is 0 Å². The van der Waals surface area contributed by atoms with Crippen molar-refractivity contribution in [3.63, 3.8) is 0 Å². The quantitative estimate of drug-likeness (QED) is 0.718. The zero-order valence-electron chi connectivity index (χ0n) is 15.3. The molecule has 1 aromatic heterocycles. The van der Waals surface area contributed by atoms with Crippen LogP contribution in [0.25, 0.3) is 21.8 Å². The zero-order chi connectivity index (χ0) is 17.2. The third-order valence-electron chi connectivity index (χ3n) is 5.49. The molecule has 0 unspecified atom stereocenters. The maximum absolute atomic E-state index is 9.61. The SMILES string of the molecule is CCn1c2ccccc2c2cc([C@H](CCO)N3CCNCC3)ccc21.Cl. The van der Waals surface area contributed by atoms with Gasteiger partial charge < -0.3 is 15.0 Å². The van der Waals surface area contributed by atoms with Crippen LogP contribution in [0, 0.1) is 0 Å². The van der Waals surface area contributed by atoms with Crippen LogP contribution in [0.2, 0.25) is 0 Å². The lowest BCUT2D eigenvalue weighted by atomic mass is 9.99. The lowest BCUT2D eigenvalue weighted by Crippen LogP contribution is -2.45. The zero-order valence-corrected chi connectivity index (χ0v) is 16.1. The minimum Gasteiger partial charge on any atom is -0.396 e. The number of hydrogen-bond donors (Lipinski definition) is 2. The van der Waals surface area contributed by atoms with E-state index in [0.29, 0.717) is 6.04 Å². The van der Waals surface area contributed by atoms with Gasteiger partial charge in [-0.1, -0.05) is 24.3 Å². The van der Waals surface area contributed by atoms with Crippen LogP contribution < -0.4 is 5.32 Å². The van der Waals surface area contributed by atoms with Crippen LogP contribution in [0.1, 0.15) is 24.9 Å². The molecule has 2 aromatic carbocycles. The summed E-state index contributed by atoms with van der Waals surface area (Å²) in [4.78, 5) is 2.51. The van der Waals surface area contributed by atoms with Crippen LogP contribution in [0.4, 0.5) is 0 Å². The molecule has 4 rings (SSSR count). The van der Waals surface area contributed by atoms with E-state index in [-0.39, 0.29) is 19.0 Å². The fraction of sp³-hybridized carbons (Fsp3) is 0.429. The highest BCUT2D eigenvalue weighted by Gasteiger charge is 2.22. The first-order chi connectivity index (χ1) is 12.3. The first-order valence-electron chi connectivity index (χ1n) is 9.40. The van der Waals surface area contributed by atoms with Crippen molar-refractivity contribution in [1.29, 1.82) is 0 Å². The summed E-state index contributed by atoms with van der Waals surface area (Å²) >= 11 is 0. The molecule has 4 nitrogen and oxygen atoms in total. The molecule has 5 heteroatoms. The molecule has 1 saturated heterocycles. The molecule has 0 spiro atoms. The number of rotatable bonds is 5. The van der Waals surface area contributed by atoms with Crippen molar-refractivity contribution < 1.29 is 5.11 Å². The largest absolute Gasteiger partial charge is 0.396 e. The molecular weight excluding hydrogens is 346 g/mol. The van der Waals surface area contributed by atoms with E-state index in [1.807, 2.05) is 0 Å². The van der Waals surface area contributed by atoms with E-state index in [9.17, 15) is 5.11 Å². The average molecular weight is 374 g/mol. The maximum Gasteiger partial charge on any atom is 0.0491 e. The molecule has 0 aliphatic carbocycles. The summed E-state index contributed by atoms with van der Waals surface area (Å²) < 4.78 is 2.39. The second-order valence-electron chi connectivity index (χ2n) is 6.85. The van der Waals surface area contributed by atoms with E-state index in [1.165, 1.54) is 27.4 Å². The number of aryl methyl sites for hydroxylation is 1. The summed E-state index contributed by atoms with van der Waals surface area (Å²) in [6, 6.07) is 15.8. The number of piperazine rings is 1. The molecule has 0 saturated carbocycles. The van der Waals surface area contributed by atoms with Crippen LogP contribution in [-0.2, 0) is 6.54 Å². The highest BCUT2D eigenvalue weighted by atomic mass is 35.5. The number of benzene rings is 2. The van der Waals surface area contributed by atoms with Gasteiger partial charge in [-0.2, -0.15) is 0 Å².